The molecule has 0 aliphatic carbocycles. The first-order chi connectivity index (χ1) is 15.6. The van der Waals surface area contributed by atoms with Gasteiger partial charge in [0.25, 0.3) is 5.91 Å². The van der Waals surface area contributed by atoms with Crippen LogP contribution in [0.15, 0.2) is 82.8 Å². The van der Waals surface area contributed by atoms with Gasteiger partial charge in [-0.2, -0.15) is 0 Å². The molecule has 3 heterocycles. The number of fused-ring (bicyclic) bond motifs is 2. The van der Waals surface area contributed by atoms with Gasteiger partial charge in [0.1, 0.15) is 17.9 Å². The van der Waals surface area contributed by atoms with E-state index in [-0.39, 0.29) is 22.7 Å². The SMILES string of the molecule is C=CCOc1cccc(C2c3c(oc4ccc(C)cc4c3=O)C(=O)N2c2ncccn2)c1. The topological polar surface area (TPSA) is 85.5 Å². The summed E-state index contributed by atoms with van der Waals surface area (Å²) in [4.78, 5) is 37.0. The second-order valence-corrected chi connectivity index (χ2v) is 7.47. The molecular formula is C25H19N3O4. The number of amides is 1. The maximum atomic E-state index is 13.6. The van der Waals surface area contributed by atoms with Crippen LogP contribution in [0.3, 0.4) is 0 Å². The molecule has 2 aromatic heterocycles. The molecule has 0 bridgehead atoms. The molecule has 32 heavy (non-hydrogen) atoms. The average molecular weight is 425 g/mol. The normalized spacial score (nSPS) is 15.1. The number of hydrogen-bond donors (Lipinski definition) is 0. The van der Waals surface area contributed by atoms with Crippen molar-refractivity contribution in [2.75, 3.05) is 11.5 Å². The third kappa shape index (κ3) is 3.15. The molecule has 1 atom stereocenters. The van der Waals surface area contributed by atoms with Crippen molar-refractivity contribution in [3.63, 3.8) is 0 Å². The predicted molar refractivity (Wildman–Crippen MR) is 120 cm³/mol. The van der Waals surface area contributed by atoms with E-state index in [0.29, 0.717) is 28.9 Å². The van der Waals surface area contributed by atoms with Crippen molar-refractivity contribution in [3.05, 3.63) is 106 Å². The van der Waals surface area contributed by atoms with Crippen molar-refractivity contribution < 1.29 is 13.9 Å². The highest BCUT2D eigenvalue weighted by Crippen LogP contribution is 2.40. The Balaban J connectivity index is 1.77. The highest BCUT2D eigenvalue weighted by molar-refractivity contribution is 6.09. The molecule has 1 unspecified atom stereocenters. The summed E-state index contributed by atoms with van der Waals surface area (Å²) < 4.78 is 11.6. The molecule has 0 spiro atoms. The highest BCUT2D eigenvalue weighted by Gasteiger charge is 2.45. The minimum Gasteiger partial charge on any atom is -0.490 e. The van der Waals surface area contributed by atoms with Gasteiger partial charge in [-0.25, -0.2) is 9.97 Å². The minimum absolute atomic E-state index is 0.00113. The van der Waals surface area contributed by atoms with Crippen LogP contribution in [0.4, 0.5) is 5.95 Å². The van der Waals surface area contributed by atoms with Crippen molar-refractivity contribution in [3.8, 4) is 5.75 Å². The van der Waals surface area contributed by atoms with E-state index in [1.165, 1.54) is 4.90 Å². The smallest absolute Gasteiger partial charge is 0.297 e. The number of carbonyl (C=O) groups is 1. The zero-order chi connectivity index (χ0) is 22.2. The van der Waals surface area contributed by atoms with Crippen LogP contribution in [-0.4, -0.2) is 22.5 Å². The fourth-order valence-corrected chi connectivity index (χ4v) is 3.95. The lowest BCUT2D eigenvalue weighted by molar-refractivity contribution is 0.0969. The second-order valence-electron chi connectivity index (χ2n) is 7.47. The lowest BCUT2D eigenvalue weighted by Gasteiger charge is -2.23. The quantitative estimate of drug-likeness (QED) is 0.446. The molecule has 0 saturated carbocycles. The minimum atomic E-state index is -0.756. The average Bonchev–Trinajstić information content (AvgIpc) is 3.11. The van der Waals surface area contributed by atoms with Crippen molar-refractivity contribution in [2.24, 2.45) is 0 Å². The van der Waals surface area contributed by atoms with E-state index in [0.717, 1.165) is 5.56 Å². The van der Waals surface area contributed by atoms with Gasteiger partial charge in [0.2, 0.25) is 11.7 Å². The Kier molecular flexibility index (Phi) is 4.78. The van der Waals surface area contributed by atoms with Gasteiger partial charge < -0.3 is 9.15 Å². The molecule has 7 nitrogen and oxygen atoms in total. The Morgan fingerprint density at radius 2 is 1.94 bits per heavy atom. The molecule has 0 N–H and O–H groups in total. The van der Waals surface area contributed by atoms with Crippen molar-refractivity contribution in [1.29, 1.82) is 0 Å². The van der Waals surface area contributed by atoms with Crippen LogP contribution in [0.1, 0.15) is 33.3 Å². The number of anilines is 1. The lowest BCUT2D eigenvalue weighted by Crippen LogP contribution is -2.31. The molecule has 2 aromatic carbocycles. The summed E-state index contributed by atoms with van der Waals surface area (Å²) in [6, 6.07) is 13.5. The lowest BCUT2D eigenvalue weighted by atomic mass is 9.98. The number of aromatic nitrogens is 2. The fraction of sp³-hybridized carbons (Fsp3) is 0.120. The first-order valence-electron chi connectivity index (χ1n) is 10.1. The number of aryl methyl sites for hydroxylation is 1. The molecular weight excluding hydrogens is 406 g/mol. The third-order valence-electron chi connectivity index (χ3n) is 5.33. The van der Waals surface area contributed by atoms with Crippen LogP contribution in [0.5, 0.6) is 5.75 Å². The number of rotatable bonds is 5. The molecule has 158 valence electrons. The summed E-state index contributed by atoms with van der Waals surface area (Å²) in [7, 11) is 0. The van der Waals surface area contributed by atoms with Crippen LogP contribution >= 0.6 is 0 Å². The van der Waals surface area contributed by atoms with Crippen LogP contribution in [0, 0.1) is 6.92 Å². The molecule has 7 heteroatoms. The summed E-state index contributed by atoms with van der Waals surface area (Å²) in [5.74, 6) is 0.318. The summed E-state index contributed by atoms with van der Waals surface area (Å²) >= 11 is 0. The van der Waals surface area contributed by atoms with Crippen LogP contribution in [0.2, 0.25) is 0 Å². The molecule has 0 saturated heterocycles. The van der Waals surface area contributed by atoms with E-state index >= 15 is 0 Å². The van der Waals surface area contributed by atoms with Crippen molar-refractivity contribution in [1.82, 2.24) is 9.97 Å². The number of benzene rings is 2. The molecule has 0 radical (unpaired) electrons. The molecule has 1 aliphatic rings. The van der Waals surface area contributed by atoms with Crippen molar-refractivity contribution in [2.45, 2.75) is 13.0 Å². The number of nitrogens with zero attached hydrogens (tertiary/aromatic N) is 3. The van der Waals surface area contributed by atoms with Crippen LogP contribution < -0.4 is 15.1 Å². The summed E-state index contributed by atoms with van der Waals surface area (Å²) in [6.07, 6.45) is 4.75. The van der Waals surface area contributed by atoms with Gasteiger partial charge in [-0.15, -0.1) is 0 Å². The molecule has 1 amide bonds. The van der Waals surface area contributed by atoms with Gasteiger partial charge >= 0.3 is 0 Å². The molecule has 0 fully saturated rings. The van der Waals surface area contributed by atoms with Gasteiger partial charge in [0.15, 0.2) is 5.43 Å². The summed E-state index contributed by atoms with van der Waals surface area (Å²) in [5.41, 5.74) is 1.99. The molecule has 4 aromatic rings. The van der Waals surface area contributed by atoms with Gasteiger partial charge in [-0.1, -0.05) is 36.4 Å². The first kappa shape index (κ1) is 19.7. The van der Waals surface area contributed by atoms with E-state index in [2.05, 4.69) is 16.5 Å². The standard InChI is InChI=1S/C25H19N3O4/c1-3-12-31-17-7-4-6-16(14-17)21-20-22(29)18-13-15(2)8-9-19(18)32-23(20)24(30)28(21)25-26-10-5-11-27-25/h3-11,13-14,21H,1,12H2,2H3. The summed E-state index contributed by atoms with van der Waals surface area (Å²) in [5, 5.41) is 0.427. The van der Waals surface area contributed by atoms with E-state index in [4.69, 9.17) is 9.15 Å². The van der Waals surface area contributed by atoms with E-state index in [1.807, 2.05) is 25.1 Å². The van der Waals surface area contributed by atoms with E-state index in [9.17, 15) is 9.59 Å². The maximum Gasteiger partial charge on any atom is 0.297 e. The van der Waals surface area contributed by atoms with E-state index in [1.54, 1.807) is 48.8 Å². The zero-order valence-electron chi connectivity index (χ0n) is 17.3. The molecule has 1 aliphatic heterocycles. The Labute approximate surface area is 183 Å². The van der Waals surface area contributed by atoms with Gasteiger partial charge in [-0.05, 0) is 42.8 Å². The Hall–Kier alpha value is -4.26. The monoisotopic (exact) mass is 425 g/mol. The number of hydrogen-bond acceptors (Lipinski definition) is 6. The Bertz CT molecular complexity index is 1410. The van der Waals surface area contributed by atoms with Gasteiger partial charge in [0.05, 0.1) is 17.0 Å². The Morgan fingerprint density at radius 3 is 2.72 bits per heavy atom. The van der Waals surface area contributed by atoms with Crippen LogP contribution in [0.25, 0.3) is 11.0 Å². The van der Waals surface area contributed by atoms with E-state index < -0.39 is 11.9 Å². The Morgan fingerprint density at radius 1 is 1.12 bits per heavy atom. The number of carbonyl (C=O) groups excluding carboxylic acids is 1. The first-order valence-corrected chi connectivity index (χ1v) is 10.1. The second kappa shape index (κ2) is 7.77. The highest BCUT2D eigenvalue weighted by atomic mass is 16.5. The zero-order valence-corrected chi connectivity index (χ0v) is 17.3. The molecule has 5 rings (SSSR count). The third-order valence-corrected chi connectivity index (χ3v) is 5.33. The van der Waals surface area contributed by atoms with Gasteiger partial charge in [-0.3, -0.25) is 14.5 Å². The van der Waals surface area contributed by atoms with Crippen molar-refractivity contribution >= 4 is 22.8 Å². The summed E-state index contributed by atoms with van der Waals surface area (Å²) in [6.45, 7) is 5.90. The predicted octanol–water partition coefficient (Wildman–Crippen LogP) is 4.21. The maximum absolute atomic E-state index is 13.6. The largest absolute Gasteiger partial charge is 0.490 e. The number of ether oxygens (including phenoxy) is 1. The van der Waals surface area contributed by atoms with Gasteiger partial charge in [0, 0.05) is 12.4 Å². The fourth-order valence-electron chi connectivity index (χ4n) is 3.95. The van der Waals surface area contributed by atoms with Crippen LogP contribution in [-0.2, 0) is 0 Å².